The van der Waals surface area contributed by atoms with Gasteiger partial charge in [0, 0.05) is 18.1 Å². The Hall–Kier alpha value is -0.0900. The number of hydrogen-bond donors (Lipinski definition) is 0. The Kier molecular flexibility index (Phi) is 1.01. The third-order valence-corrected chi connectivity index (χ3v) is 2.39. The predicted molar refractivity (Wildman–Crippen MR) is 37.9 cm³/mol. The third kappa shape index (κ3) is 0.563. The van der Waals surface area contributed by atoms with E-state index in [0.29, 0.717) is 0 Å². The Morgan fingerprint density at radius 1 is 1.62 bits per heavy atom. The number of hydrogen-bond acceptors (Lipinski definition) is 4. The molecule has 0 fully saturated rings. The minimum atomic E-state index is 1.08. The van der Waals surface area contributed by atoms with Crippen LogP contribution in [0.2, 0.25) is 0 Å². The number of thioether (sulfide) groups is 1. The first-order chi connectivity index (χ1) is 3.97. The summed E-state index contributed by atoms with van der Waals surface area (Å²) in [6, 6.07) is 0. The van der Waals surface area contributed by atoms with Gasteiger partial charge in [-0.15, -0.1) is 0 Å². The van der Waals surface area contributed by atoms with Crippen LogP contribution < -0.4 is 0 Å². The molecule has 41 valence electrons. The largest absolute Gasteiger partial charge is 0.309 e. The molecule has 2 aliphatic heterocycles. The SMILES string of the molecule is [CH]1SN=C2SC=CN12. The summed E-state index contributed by atoms with van der Waals surface area (Å²) in [6.07, 6.45) is 2.00. The minimum Gasteiger partial charge on any atom is -0.309 e. The third-order valence-electron chi connectivity index (χ3n) is 0.907. The zero-order valence-electron chi connectivity index (χ0n) is 3.94. The second kappa shape index (κ2) is 1.70. The molecule has 2 rings (SSSR count). The quantitative estimate of drug-likeness (QED) is 0.479. The molecule has 0 bridgehead atoms. The molecule has 0 saturated carbocycles. The molecular weight excluding hydrogens is 140 g/mol. The van der Waals surface area contributed by atoms with Crippen molar-refractivity contribution in [3.05, 3.63) is 17.5 Å². The summed E-state index contributed by atoms with van der Waals surface area (Å²) >= 11 is 3.14. The molecule has 2 heterocycles. The Morgan fingerprint density at radius 3 is 3.50 bits per heavy atom. The van der Waals surface area contributed by atoms with Crippen LogP contribution >= 0.6 is 23.7 Å². The second-order valence-electron chi connectivity index (χ2n) is 1.39. The molecule has 2 aliphatic rings. The summed E-state index contributed by atoms with van der Waals surface area (Å²) in [5, 5.41) is 3.10. The Bertz CT molecular complexity index is 163. The second-order valence-corrected chi connectivity index (χ2v) is 2.87. The van der Waals surface area contributed by atoms with Crippen LogP contribution in [0.1, 0.15) is 0 Å². The van der Waals surface area contributed by atoms with E-state index in [0.717, 1.165) is 5.17 Å². The van der Waals surface area contributed by atoms with Crippen LogP contribution in [0.25, 0.3) is 0 Å². The first-order valence-corrected chi connectivity index (χ1v) is 3.87. The zero-order chi connectivity index (χ0) is 5.40. The van der Waals surface area contributed by atoms with Gasteiger partial charge in [-0.25, -0.2) is 0 Å². The van der Waals surface area contributed by atoms with Crippen molar-refractivity contribution in [2.75, 3.05) is 0 Å². The lowest BCUT2D eigenvalue weighted by molar-refractivity contribution is 0.772. The average molecular weight is 143 g/mol. The highest BCUT2D eigenvalue weighted by atomic mass is 32.2. The predicted octanol–water partition coefficient (Wildman–Crippen LogP) is 1.64. The smallest absolute Gasteiger partial charge is 0.180 e. The van der Waals surface area contributed by atoms with E-state index in [4.69, 9.17) is 0 Å². The summed E-state index contributed by atoms with van der Waals surface area (Å²) in [5.74, 6) is 1.98. The van der Waals surface area contributed by atoms with Gasteiger partial charge in [0.15, 0.2) is 5.17 Å². The zero-order valence-corrected chi connectivity index (χ0v) is 5.58. The lowest BCUT2D eigenvalue weighted by Gasteiger charge is -2.01. The number of nitrogens with zero attached hydrogens (tertiary/aromatic N) is 2. The van der Waals surface area contributed by atoms with E-state index in [1.54, 1.807) is 11.8 Å². The molecular formula is C4H3N2S2. The average Bonchev–Trinajstić information content (AvgIpc) is 2.15. The number of rotatable bonds is 0. The van der Waals surface area contributed by atoms with Gasteiger partial charge in [0.2, 0.25) is 0 Å². The molecule has 2 nitrogen and oxygen atoms in total. The molecule has 1 radical (unpaired) electrons. The van der Waals surface area contributed by atoms with E-state index < -0.39 is 0 Å². The van der Waals surface area contributed by atoms with Crippen molar-refractivity contribution in [2.24, 2.45) is 4.40 Å². The molecule has 0 aromatic carbocycles. The van der Waals surface area contributed by atoms with Gasteiger partial charge in [-0.3, -0.25) is 0 Å². The van der Waals surface area contributed by atoms with Crippen LogP contribution in [-0.4, -0.2) is 10.1 Å². The van der Waals surface area contributed by atoms with Crippen LogP contribution in [0.3, 0.4) is 0 Å². The van der Waals surface area contributed by atoms with Gasteiger partial charge in [-0.05, 0) is 5.41 Å². The maximum absolute atomic E-state index is 4.10. The Labute approximate surface area is 56.2 Å². The van der Waals surface area contributed by atoms with Gasteiger partial charge >= 0.3 is 0 Å². The summed E-state index contributed by atoms with van der Waals surface area (Å²) < 4.78 is 4.10. The van der Waals surface area contributed by atoms with Gasteiger partial charge < -0.3 is 4.90 Å². The first-order valence-electron chi connectivity index (χ1n) is 2.16. The molecule has 0 aromatic rings. The molecule has 0 atom stereocenters. The fourth-order valence-corrected chi connectivity index (χ4v) is 1.97. The molecule has 0 aliphatic carbocycles. The minimum absolute atomic E-state index is 1.08. The highest BCUT2D eigenvalue weighted by Crippen LogP contribution is 2.32. The monoisotopic (exact) mass is 143 g/mol. The van der Waals surface area contributed by atoms with Gasteiger partial charge in [-0.2, -0.15) is 4.40 Å². The number of amidine groups is 1. The molecule has 0 N–H and O–H groups in total. The van der Waals surface area contributed by atoms with Crippen LogP contribution in [0, 0.1) is 5.88 Å². The normalized spacial score (nSPS) is 24.0. The van der Waals surface area contributed by atoms with Crippen LogP contribution in [0.5, 0.6) is 0 Å². The van der Waals surface area contributed by atoms with Crippen LogP contribution in [0.15, 0.2) is 16.0 Å². The summed E-state index contributed by atoms with van der Waals surface area (Å²) in [4.78, 5) is 2.01. The summed E-state index contributed by atoms with van der Waals surface area (Å²) in [7, 11) is 0. The number of fused-ring (bicyclic) bond motifs is 1. The fraction of sp³-hybridized carbons (Fsp3) is 0. The highest BCUT2D eigenvalue weighted by Gasteiger charge is 2.19. The van der Waals surface area contributed by atoms with Crippen molar-refractivity contribution >= 4 is 28.9 Å². The van der Waals surface area contributed by atoms with Crippen molar-refractivity contribution in [3.8, 4) is 0 Å². The molecule has 0 amide bonds. The molecule has 0 unspecified atom stereocenters. The Morgan fingerprint density at radius 2 is 2.62 bits per heavy atom. The van der Waals surface area contributed by atoms with Crippen molar-refractivity contribution in [3.63, 3.8) is 0 Å². The Balaban J connectivity index is 2.28. The first kappa shape index (κ1) is 4.76. The van der Waals surface area contributed by atoms with E-state index in [1.165, 1.54) is 11.9 Å². The molecule has 8 heavy (non-hydrogen) atoms. The van der Waals surface area contributed by atoms with Crippen LogP contribution in [0.4, 0.5) is 0 Å². The van der Waals surface area contributed by atoms with Gasteiger partial charge in [-0.1, -0.05) is 11.8 Å². The van der Waals surface area contributed by atoms with Gasteiger partial charge in [0.1, 0.15) is 5.88 Å². The van der Waals surface area contributed by atoms with E-state index in [-0.39, 0.29) is 0 Å². The van der Waals surface area contributed by atoms with E-state index in [9.17, 15) is 0 Å². The maximum Gasteiger partial charge on any atom is 0.180 e. The highest BCUT2D eigenvalue weighted by molar-refractivity contribution is 8.18. The van der Waals surface area contributed by atoms with E-state index in [1.807, 2.05) is 22.4 Å². The summed E-state index contributed by atoms with van der Waals surface area (Å²) in [5.41, 5.74) is 0. The van der Waals surface area contributed by atoms with Crippen molar-refractivity contribution in [2.45, 2.75) is 0 Å². The molecule has 0 saturated heterocycles. The van der Waals surface area contributed by atoms with Crippen molar-refractivity contribution in [1.29, 1.82) is 0 Å². The lowest BCUT2D eigenvalue weighted by Crippen LogP contribution is -2.08. The van der Waals surface area contributed by atoms with Crippen molar-refractivity contribution in [1.82, 2.24) is 4.90 Å². The lowest BCUT2D eigenvalue weighted by atomic mass is 10.8. The van der Waals surface area contributed by atoms with E-state index >= 15 is 0 Å². The van der Waals surface area contributed by atoms with Crippen molar-refractivity contribution < 1.29 is 0 Å². The van der Waals surface area contributed by atoms with E-state index in [2.05, 4.69) is 4.40 Å². The molecule has 0 spiro atoms. The van der Waals surface area contributed by atoms with Gasteiger partial charge in [0.25, 0.3) is 0 Å². The topological polar surface area (TPSA) is 15.6 Å². The maximum atomic E-state index is 4.10. The van der Waals surface area contributed by atoms with Crippen LogP contribution in [-0.2, 0) is 0 Å². The molecule has 4 heteroatoms. The standard InChI is InChI=1S/C4H3N2S2/c1-2-7-4-5-8-3-6(1)4/h1-3H. The summed E-state index contributed by atoms with van der Waals surface area (Å²) in [6.45, 7) is 0. The van der Waals surface area contributed by atoms with Gasteiger partial charge in [0.05, 0.1) is 0 Å². The molecule has 0 aromatic heterocycles. The fourth-order valence-electron chi connectivity index (χ4n) is 0.550.